The Morgan fingerprint density at radius 3 is 2.76 bits per heavy atom. The van der Waals surface area contributed by atoms with Gasteiger partial charge in [0.15, 0.2) is 0 Å². The normalized spacial score (nSPS) is 18.7. The summed E-state index contributed by atoms with van der Waals surface area (Å²) in [6.45, 7) is 2.94. The Kier molecular flexibility index (Phi) is 5.14. The van der Waals surface area contributed by atoms with Crippen LogP contribution in [0.4, 0.5) is 0 Å². The first-order valence-electron chi connectivity index (χ1n) is 6.28. The average molecular weight is 353 g/mol. The van der Waals surface area contributed by atoms with E-state index in [4.69, 9.17) is 31.8 Å². The first-order valence-corrected chi connectivity index (χ1v) is 8.97. The maximum atomic E-state index is 12.1. The molecule has 0 radical (unpaired) electrons. The summed E-state index contributed by atoms with van der Waals surface area (Å²) in [5.74, 6) is -0.451. The van der Waals surface area contributed by atoms with Crippen molar-refractivity contribution in [2.45, 2.75) is 18.2 Å². The summed E-state index contributed by atoms with van der Waals surface area (Å²) < 4.78 is 33.4. The van der Waals surface area contributed by atoms with Crippen molar-refractivity contribution in [3.63, 3.8) is 0 Å². The van der Waals surface area contributed by atoms with Crippen LogP contribution in [0.3, 0.4) is 0 Å². The zero-order chi connectivity index (χ0) is 15.6. The summed E-state index contributed by atoms with van der Waals surface area (Å²) in [6, 6.07) is 2.58. The minimum Gasteiger partial charge on any atom is -0.462 e. The van der Waals surface area contributed by atoms with Gasteiger partial charge in [-0.2, -0.15) is 0 Å². The highest BCUT2D eigenvalue weighted by Crippen LogP contribution is 2.27. The lowest BCUT2D eigenvalue weighted by atomic mass is 10.1. The minimum absolute atomic E-state index is 0.0978. The molecule has 0 saturated carbocycles. The standard InChI is InChI=1S/C13H14Cl2O5S/c1-8-11(4-10(14)5-12(8)21(15,17)18)13(16)20-7-9-2-3-19-6-9/h4-5,9H,2-3,6-7H2,1H3. The summed E-state index contributed by atoms with van der Waals surface area (Å²) >= 11 is 5.85. The van der Waals surface area contributed by atoms with Gasteiger partial charge >= 0.3 is 5.97 Å². The Bertz CT molecular complexity index is 651. The Morgan fingerprint density at radius 2 is 2.19 bits per heavy atom. The lowest BCUT2D eigenvalue weighted by molar-refractivity contribution is 0.0427. The first kappa shape index (κ1) is 16.5. The largest absolute Gasteiger partial charge is 0.462 e. The quantitative estimate of drug-likeness (QED) is 0.615. The van der Waals surface area contributed by atoms with Crippen LogP contribution in [0.25, 0.3) is 0 Å². The molecule has 0 bridgehead atoms. The van der Waals surface area contributed by atoms with E-state index >= 15 is 0 Å². The van der Waals surface area contributed by atoms with Gasteiger partial charge in [0.25, 0.3) is 9.05 Å². The molecule has 5 nitrogen and oxygen atoms in total. The summed E-state index contributed by atoms with van der Waals surface area (Å²) in [6.07, 6.45) is 0.836. The van der Waals surface area contributed by atoms with Crippen molar-refractivity contribution in [1.82, 2.24) is 0 Å². The van der Waals surface area contributed by atoms with Crippen LogP contribution >= 0.6 is 22.3 Å². The molecule has 21 heavy (non-hydrogen) atoms. The van der Waals surface area contributed by atoms with E-state index in [0.29, 0.717) is 13.2 Å². The summed E-state index contributed by atoms with van der Waals surface area (Å²) in [5.41, 5.74) is 0.322. The summed E-state index contributed by atoms with van der Waals surface area (Å²) in [4.78, 5) is 11.9. The molecule has 0 aliphatic carbocycles. The molecule has 1 aliphatic rings. The van der Waals surface area contributed by atoms with Crippen molar-refractivity contribution in [1.29, 1.82) is 0 Å². The number of rotatable bonds is 4. The number of halogens is 2. The van der Waals surface area contributed by atoms with E-state index in [9.17, 15) is 13.2 Å². The fourth-order valence-corrected chi connectivity index (χ4v) is 3.61. The van der Waals surface area contributed by atoms with Gasteiger partial charge in [-0.05, 0) is 31.0 Å². The predicted octanol–water partition coefficient (Wildman–Crippen LogP) is 2.77. The minimum atomic E-state index is -3.98. The monoisotopic (exact) mass is 352 g/mol. The van der Waals surface area contributed by atoms with Crippen LogP contribution in [0.5, 0.6) is 0 Å². The van der Waals surface area contributed by atoms with Gasteiger partial charge in [0, 0.05) is 28.2 Å². The van der Waals surface area contributed by atoms with Crippen molar-refractivity contribution < 1.29 is 22.7 Å². The third-order valence-electron chi connectivity index (χ3n) is 3.28. The van der Waals surface area contributed by atoms with E-state index in [1.54, 1.807) is 0 Å². The highest BCUT2D eigenvalue weighted by molar-refractivity contribution is 8.13. The van der Waals surface area contributed by atoms with Gasteiger partial charge in [0.05, 0.1) is 23.7 Å². The van der Waals surface area contributed by atoms with Crippen LogP contribution in [0.2, 0.25) is 5.02 Å². The molecule has 8 heteroatoms. The molecule has 0 amide bonds. The molecular weight excluding hydrogens is 339 g/mol. The maximum absolute atomic E-state index is 12.1. The molecule has 0 N–H and O–H groups in total. The fraction of sp³-hybridized carbons (Fsp3) is 0.462. The molecule has 1 fully saturated rings. The molecule has 0 spiro atoms. The second-order valence-corrected chi connectivity index (χ2v) is 7.81. The van der Waals surface area contributed by atoms with Gasteiger partial charge in [-0.25, -0.2) is 13.2 Å². The van der Waals surface area contributed by atoms with Crippen LogP contribution in [0.15, 0.2) is 17.0 Å². The van der Waals surface area contributed by atoms with E-state index in [1.165, 1.54) is 19.1 Å². The number of hydrogen-bond donors (Lipinski definition) is 0. The zero-order valence-corrected chi connectivity index (χ0v) is 13.6. The van der Waals surface area contributed by atoms with E-state index < -0.39 is 15.0 Å². The fourth-order valence-electron chi connectivity index (χ4n) is 2.11. The Balaban J connectivity index is 2.22. The van der Waals surface area contributed by atoms with Gasteiger partial charge in [0.1, 0.15) is 0 Å². The molecule has 2 rings (SSSR count). The second-order valence-electron chi connectivity index (χ2n) is 4.84. The highest BCUT2D eigenvalue weighted by Gasteiger charge is 2.23. The number of carbonyl (C=O) groups is 1. The van der Waals surface area contributed by atoms with Gasteiger partial charge in [-0.15, -0.1) is 0 Å². The summed E-state index contributed by atoms with van der Waals surface area (Å²) in [7, 11) is 1.36. The number of esters is 1. The van der Waals surface area contributed by atoms with Crippen molar-refractivity contribution in [3.8, 4) is 0 Å². The van der Waals surface area contributed by atoms with Gasteiger partial charge in [-0.3, -0.25) is 0 Å². The molecule has 1 unspecified atom stereocenters. The highest BCUT2D eigenvalue weighted by atomic mass is 35.7. The van der Waals surface area contributed by atoms with Gasteiger partial charge in [0.2, 0.25) is 0 Å². The predicted molar refractivity (Wildman–Crippen MR) is 78.4 cm³/mol. The van der Waals surface area contributed by atoms with Crippen molar-refractivity contribution in [2.24, 2.45) is 5.92 Å². The smallest absolute Gasteiger partial charge is 0.338 e. The van der Waals surface area contributed by atoms with Crippen LogP contribution in [-0.4, -0.2) is 34.2 Å². The van der Waals surface area contributed by atoms with E-state index in [1.807, 2.05) is 0 Å². The molecular formula is C13H14Cl2O5S. The van der Waals surface area contributed by atoms with E-state index in [2.05, 4.69) is 0 Å². The Hall–Kier alpha value is -0.820. The number of carbonyl (C=O) groups excluding carboxylic acids is 1. The lowest BCUT2D eigenvalue weighted by Gasteiger charge is -2.12. The van der Waals surface area contributed by atoms with Crippen molar-refractivity contribution in [3.05, 3.63) is 28.3 Å². The Morgan fingerprint density at radius 1 is 1.48 bits per heavy atom. The molecule has 1 aromatic rings. The number of benzene rings is 1. The van der Waals surface area contributed by atoms with Crippen LogP contribution in [0, 0.1) is 12.8 Å². The molecule has 1 saturated heterocycles. The van der Waals surface area contributed by atoms with E-state index in [0.717, 1.165) is 6.42 Å². The molecule has 1 heterocycles. The van der Waals surface area contributed by atoms with Gasteiger partial charge < -0.3 is 9.47 Å². The van der Waals surface area contributed by atoms with Crippen LogP contribution in [0.1, 0.15) is 22.3 Å². The van der Waals surface area contributed by atoms with Crippen molar-refractivity contribution in [2.75, 3.05) is 19.8 Å². The molecule has 1 aromatic carbocycles. The third kappa shape index (κ3) is 4.10. The third-order valence-corrected chi connectivity index (χ3v) is 4.95. The van der Waals surface area contributed by atoms with Crippen LogP contribution < -0.4 is 0 Å². The molecule has 116 valence electrons. The topological polar surface area (TPSA) is 69.7 Å². The van der Waals surface area contributed by atoms with Crippen LogP contribution in [-0.2, 0) is 18.5 Å². The summed E-state index contributed by atoms with van der Waals surface area (Å²) in [5, 5.41) is 0.107. The molecule has 0 aromatic heterocycles. The second kappa shape index (κ2) is 6.52. The first-order chi connectivity index (χ1) is 9.79. The molecule has 1 aliphatic heterocycles. The SMILES string of the molecule is Cc1c(C(=O)OCC2CCOC2)cc(Cl)cc1S(=O)(=O)Cl. The number of hydrogen-bond acceptors (Lipinski definition) is 5. The average Bonchev–Trinajstić information content (AvgIpc) is 2.90. The zero-order valence-electron chi connectivity index (χ0n) is 11.3. The number of ether oxygens (including phenoxy) is 2. The van der Waals surface area contributed by atoms with Crippen molar-refractivity contribution >= 4 is 37.3 Å². The van der Waals surface area contributed by atoms with Gasteiger partial charge in [-0.1, -0.05) is 11.6 Å². The lowest BCUT2D eigenvalue weighted by Crippen LogP contribution is -2.16. The van der Waals surface area contributed by atoms with E-state index in [-0.39, 0.29) is 33.6 Å². The molecule has 1 atom stereocenters. The maximum Gasteiger partial charge on any atom is 0.338 e. The Labute approximate surface area is 132 Å².